The van der Waals surface area contributed by atoms with Crippen LogP contribution in [0.4, 0.5) is 5.69 Å². The molecule has 0 unspecified atom stereocenters. The molecule has 0 radical (unpaired) electrons. The van der Waals surface area contributed by atoms with Crippen LogP contribution in [0.25, 0.3) is 0 Å². The molecule has 0 aliphatic rings. The Morgan fingerprint density at radius 1 is 0.912 bits per heavy atom. The minimum atomic E-state index is -0.939. The summed E-state index contributed by atoms with van der Waals surface area (Å²) in [7, 11) is 1.53. The van der Waals surface area contributed by atoms with Crippen LogP contribution in [0.5, 0.6) is 17.2 Å². The van der Waals surface area contributed by atoms with Gasteiger partial charge in [-0.25, -0.2) is 10.2 Å². The number of rotatable bonds is 8. The number of methoxy groups -OCH3 is 1. The van der Waals surface area contributed by atoms with Crippen molar-refractivity contribution in [3.63, 3.8) is 0 Å². The van der Waals surface area contributed by atoms with E-state index in [1.165, 1.54) is 13.3 Å². The monoisotopic (exact) mass is 461 g/mol. The fourth-order valence-corrected chi connectivity index (χ4v) is 2.77. The van der Waals surface area contributed by atoms with Crippen LogP contribution in [0, 0.1) is 0 Å². The predicted molar refractivity (Wildman–Crippen MR) is 126 cm³/mol. The van der Waals surface area contributed by atoms with Crippen LogP contribution in [0.2, 0.25) is 0 Å². The highest BCUT2D eigenvalue weighted by Gasteiger charge is 2.14. The van der Waals surface area contributed by atoms with Gasteiger partial charge in [0.1, 0.15) is 5.75 Å². The standard InChI is InChI=1S/C25H23N3O6/c1-3-33-22-15-17(9-14-21(22)34-25(31)18-7-5-4-6-8-18)16-26-28-24(30)23(29)27-19-10-12-20(32-2)13-11-19/h4-16H,3H2,1-2H3,(H,27,29)(H,28,30)/b26-16+. The van der Waals surface area contributed by atoms with Gasteiger partial charge in [-0.05, 0) is 67.1 Å². The molecule has 0 spiro atoms. The number of carbonyl (C=O) groups excluding carboxylic acids is 3. The van der Waals surface area contributed by atoms with Crippen LogP contribution < -0.4 is 25.0 Å². The summed E-state index contributed by atoms with van der Waals surface area (Å²) in [5, 5.41) is 6.26. The lowest BCUT2D eigenvalue weighted by Crippen LogP contribution is -2.32. The van der Waals surface area contributed by atoms with Gasteiger partial charge < -0.3 is 19.5 Å². The molecule has 0 atom stereocenters. The molecule has 34 heavy (non-hydrogen) atoms. The molecule has 0 aliphatic heterocycles. The zero-order chi connectivity index (χ0) is 24.3. The Kier molecular flexibility index (Phi) is 8.34. The number of carbonyl (C=O) groups is 3. The predicted octanol–water partition coefficient (Wildman–Crippen LogP) is 3.40. The SMILES string of the molecule is CCOc1cc(/C=N/NC(=O)C(=O)Nc2ccc(OC)cc2)ccc1OC(=O)c1ccccc1. The topological polar surface area (TPSA) is 115 Å². The summed E-state index contributed by atoms with van der Waals surface area (Å²) < 4.78 is 16.1. The number of nitrogens with zero attached hydrogens (tertiary/aromatic N) is 1. The van der Waals surface area contributed by atoms with Crippen LogP contribution in [-0.4, -0.2) is 37.7 Å². The number of hydrogen-bond donors (Lipinski definition) is 2. The highest BCUT2D eigenvalue weighted by molar-refractivity contribution is 6.39. The molecule has 0 aliphatic carbocycles. The summed E-state index contributed by atoms with van der Waals surface area (Å²) >= 11 is 0. The Morgan fingerprint density at radius 3 is 2.32 bits per heavy atom. The van der Waals surface area contributed by atoms with E-state index >= 15 is 0 Å². The van der Waals surface area contributed by atoms with Gasteiger partial charge in [-0.2, -0.15) is 5.10 Å². The van der Waals surface area contributed by atoms with Crippen LogP contribution in [0.1, 0.15) is 22.8 Å². The molecule has 3 aromatic carbocycles. The van der Waals surface area contributed by atoms with E-state index in [0.29, 0.717) is 34.9 Å². The van der Waals surface area contributed by atoms with Gasteiger partial charge in [0.25, 0.3) is 0 Å². The van der Waals surface area contributed by atoms with Gasteiger partial charge in [-0.15, -0.1) is 0 Å². The second-order valence-electron chi connectivity index (χ2n) is 6.78. The molecule has 0 heterocycles. The molecular formula is C25H23N3O6. The second kappa shape index (κ2) is 11.8. The van der Waals surface area contributed by atoms with Crippen molar-refractivity contribution in [2.24, 2.45) is 5.10 Å². The summed E-state index contributed by atoms with van der Waals surface area (Å²) in [6.07, 6.45) is 1.34. The third-order valence-electron chi connectivity index (χ3n) is 4.41. The zero-order valence-electron chi connectivity index (χ0n) is 18.6. The van der Waals surface area contributed by atoms with Crippen LogP contribution >= 0.6 is 0 Å². The van der Waals surface area contributed by atoms with Crippen molar-refractivity contribution in [1.82, 2.24) is 5.43 Å². The molecule has 0 aromatic heterocycles. The van der Waals surface area contributed by atoms with Crippen molar-refractivity contribution in [1.29, 1.82) is 0 Å². The van der Waals surface area contributed by atoms with Crippen molar-refractivity contribution in [2.75, 3.05) is 19.0 Å². The molecule has 9 nitrogen and oxygen atoms in total. The number of benzene rings is 3. The lowest BCUT2D eigenvalue weighted by atomic mass is 10.2. The maximum atomic E-state index is 12.3. The molecule has 2 N–H and O–H groups in total. The maximum absolute atomic E-state index is 12.3. The number of ether oxygens (including phenoxy) is 3. The van der Waals surface area contributed by atoms with E-state index in [0.717, 1.165) is 0 Å². The third kappa shape index (κ3) is 6.67. The quantitative estimate of drug-likeness (QED) is 0.175. The van der Waals surface area contributed by atoms with Gasteiger partial charge in [0, 0.05) is 5.69 Å². The first kappa shape index (κ1) is 24.0. The summed E-state index contributed by atoms with van der Waals surface area (Å²) in [6.45, 7) is 2.14. The van der Waals surface area contributed by atoms with Crippen molar-refractivity contribution in [3.8, 4) is 17.2 Å². The molecule has 174 valence electrons. The third-order valence-corrected chi connectivity index (χ3v) is 4.41. The first-order valence-electron chi connectivity index (χ1n) is 10.3. The van der Waals surface area contributed by atoms with Crippen molar-refractivity contribution < 1.29 is 28.6 Å². The molecule has 2 amide bonds. The molecule has 0 bridgehead atoms. The smallest absolute Gasteiger partial charge is 0.343 e. The first-order valence-corrected chi connectivity index (χ1v) is 10.3. The number of esters is 1. The average molecular weight is 461 g/mol. The Hall–Kier alpha value is -4.66. The Morgan fingerprint density at radius 2 is 1.65 bits per heavy atom. The molecule has 0 fully saturated rings. The maximum Gasteiger partial charge on any atom is 0.343 e. The number of hydrogen-bond acceptors (Lipinski definition) is 7. The van der Waals surface area contributed by atoms with E-state index in [1.807, 2.05) is 0 Å². The Bertz CT molecular complexity index is 1180. The number of nitrogens with one attached hydrogen (secondary N) is 2. The van der Waals surface area contributed by atoms with Crippen LogP contribution in [0.15, 0.2) is 77.9 Å². The van der Waals surface area contributed by atoms with E-state index in [4.69, 9.17) is 14.2 Å². The lowest BCUT2D eigenvalue weighted by molar-refractivity contribution is -0.136. The number of amides is 2. The minimum absolute atomic E-state index is 0.246. The highest BCUT2D eigenvalue weighted by Crippen LogP contribution is 2.29. The normalized spacial score (nSPS) is 10.4. The van der Waals surface area contributed by atoms with Crippen molar-refractivity contribution in [3.05, 3.63) is 83.9 Å². The first-order chi connectivity index (χ1) is 16.5. The van der Waals surface area contributed by atoms with Gasteiger partial charge in [0.2, 0.25) is 0 Å². The van der Waals surface area contributed by atoms with Crippen LogP contribution in [-0.2, 0) is 9.59 Å². The number of hydrazone groups is 1. The summed E-state index contributed by atoms with van der Waals surface area (Å²) in [5.41, 5.74) is 3.56. The largest absolute Gasteiger partial charge is 0.497 e. The fraction of sp³-hybridized carbons (Fsp3) is 0.120. The van der Waals surface area contributed by atoms with E-state index in [9.17, 15) is 14.4 Å². The molecule has 0 saturated carbocycles. The molecular weight excluding hydrogens is 438 g/mol. The highest BCUT2D eigenvalue weighted by atomic mass is 16.6. The zero-order valence-corrected chi connectivity index (χ0v) is 18.6. The van der Waals surface area contributed by atoms with Gasteiger partial charge in [0.05, 0.1) is 25.5 Å². The van der Waals surface area contributed by atoms with E-state index < -0.39 is 17.8 Å². The molecule has 0 saturated heterocycles. The van der Waals surface area contributed by atoms with Crippen LogP contribution in [0.3, 0.4) is 0 Å². The van der Waals surface area contributed by atoms with Gasteiger partial charge in [-0.3, -0.25) is 9.59 Å². The average Bonchev–Trinajstić information content (AvgIpc) is 2.86. The van der Waals surface area contributed by atoms with E-state index in [-0.39, 0.29) is 5.75 Å². The number of anilines is 1. The molecule has 9 heteroatoms. The summed E-state index contributed by atoms with van der Waals surface area (Å²) in [5.74, 6) is -1.13. The molecule has 3 aromatic rings. The van der Waals surface area contributed by atoms with E-state index in [2.05, 4.69) is 15.8 Å². The molecule has 3 rings (SSSR count). The van der Waals surface area contributed by atoms with Gasteiger partial charge in [-0.1, -0.05) is 18.2 Å². The fourth-order valence-electron chi connectivity index (χ4n) is 2.77. The second-order valence-corrected chi connectivity index (χ2v) is 6.78. The van der Waals surface area contributed by atoms with Crippen molar-refractivity contribution >= 4 is 29.7 Å². The summed E-state index contributed by atoms with van der Waals surface area (Å²) in [4.78, 5) is 36.3. The summed E-state index contributed by atoms with van der Waals surface area (Å²) in [6, 6.07) is 19.9. The minimum Gasteiger partial charge on any atom is -0.497 e. The van der Waals surface area contributed by atoms with Gasteiger partial charge >= 0.3 is 17.8 Å². The Balaban J connectivity index is 1.61. The lowest BCUT2D eigenvalue weighted by Gasteiger charge is -2.11. The van der Waals surface area contributed by atoms with E-state index in [1.54, 1.807) is 79.7 Å². The van der Waals surface area contributed by atoms with Crippen molar-refractivity contribution in [2.45, 2.75) is 6.92 Å². The van der Waals surface area contributed by atoms with Gasteiger partial charge in [0.15, 0.2) is 11.5 Å². The Labute approximate surface area is 196 Å².